The Morgan fingerprint density at radius 3 is 2.50 bits per heavy atom. The molecular weight excluding hydrogens is 324 g/mol. The van der Waals surface area contributed by atoms with Gasteiger partial charge in [0.05, 0.1) is 14.2 Å². The predicted octanol–water partition coefficient (Wildman–Crippen LogP) is 2.07. The first-order chi connectivity index (χ1) is 11.5. The molecule has 0 radical (unpaired) electrons. The van der Waals surface area contributed by atoms with Gasteiger partial charge < -0.3 is 15.0 Å². The number of rotatable bonds is 7. The van der Waals surface area contributed by atoms with Crippen molar-refractivity contribution in [2.45, 2.75) is 26.1 Å². The molecule has 4 nitrogen and oxygen atoms in total. The molecule has 1 amide bonds. The number of likely N-dealkylation sites (N-methyl/N-ethyl adjacent to an activating group) is 1. The van der Waals surface area contributed by atoms with E-state index in [2.05, 4.69) is 5.32 Å². The lowest BCUT2D eigenvalue weighted by Gasteiger charge is -2.21. The summed E-state index contributed by atoms with van der Waals surface area (Å²) in [7, 11) is 3.64. The fraction of sp³-hybridized carbons (Fsp3) is 0.316. The van der Waals surface area contributed by atoms with Gasteiger partial charge in [0.15, 0.2) is 6.04 Å². The van der Waals surface area contributed by atoms with Crippen molar-refractivity contribution in [3.63, 3.8) is 0 Å². The van der Waals surface area contributed by atoms with E-state index in [1.807, 2.05) is 62.5 Å². The summed E-state index contributed by atoms with van der Waals surface area (Å²) in [5.41, 5.74) is 2.09. The third-order valence-electron chi connectivity index (χ3n) is 4.19. The van der Waals surface area contributed by atoms with Crippen LogP contribution in [0.3, 0.4) is 0 Å². The Hall–Kier alpha value is -2.04. The highest BCUT2D eigenvalue weighted by Crippen LogP contribution is 2.13. The summed E-state index contributed by atoms with van der Waals surface area (Å²) in [6.07, 6.45) is 0. The zero-order valence-corrected chi connectivity index (χ0v) is 15.1. The van der Waals surface area contributed by atoms with Crippen molar-refractivity contribution >= 4 is 17.5 Å². The molecule has 0 heterocycles. The highest BCUT2D eigenvalue weighted by Gasteiger charge is 2.22. The molecule has 128 valence electrons. The third kappa shape index (κ3) is 4.98. The van der Waals surface area contributed by atoms with Gasteiger partial charge in [0.25, 0.3) is 5.91 Å². The maximum absolute atomic E-state index is 12.4. The molecule has 2 atom stereocenters. The van der Waals surface area contributed by atoms with Gasteiger partial charge in [-0.1, -0.05) is 41.9 Å². The van der Waals surface area contributed by atoms with Crippen LogP contribution in [0.1, 0.15) is 18.1 Å². The van der Waals surface area contributed by atoms with Crippen molar-refractivity contribution in [2.24, 2.45) is 0 Å². The number of quaternary nitrogens is 1. The van der Waals surface area contributed by atoms with Gasteiger partial charge in [-0.15, -0.1) is 0 Å². The number of benzene rings is 2. The lowest BCUT2D eigenvalue weighted by atomic mass is 10.1. The molecule has 1 unspecified atom stereocenters. The number of hydrogen-bond acceptors (Lipinski definition) is 2. The topological polar surface area (TPSA) is 42.8 Å². The molecule has 0 saturated heterocycles. The monoisotopic (exact) mass is 347 g/mol. The number of carbonyl (C=O) groups excluding carboxylic acids is 1. The van der Waals surface area contributed by atoms with Crippen LogP contribution in [0.5, 0.6) is 5.75 Å². The molecule has 0 aliphatic rings. The summed E-state index contributed by atoms with van der Waals surface area (Å²) >= 11 is 6.19. The molecule has 2 aromatic carbocycles. The molecule has 24 heavy (non-hydrogen) atoms. The van der Waals surface area contributed by atoms with Crippen LogP contribution in [0.2, 0.25) is 5.02 Å². The molecule has 0 aliphatic carbocycles. The minimum atomic E-state index is -0.167. The largest absolute Gasteiger partial charge is 0.497 e. The van der Waals surface area contributed by atoms with Crippen LogP contribution in [0, 0.1) is 0 Å². The van der Waals surface area contributed by atoms with Crippen molar-refractivity contribution in [1.29, 1.82) is 0 Å². The molecular formula is C19H24ClN2O2+. The van der Waals surface area contributed by atoms with Gasteiger partial charge in [-0.05, 0) is 30.7 Å². The second-order valence-corrected chi connectivity index (χ2v) is 6.31. The van der Waals surface area contributed by atoms with Crippen molar-refractivity contribution in [1.82, 2.24) is 5.32 Å². The first-order valence-corrected chi connectivity index (χ1v) is 8.35. The number of carbonyl (C=O) groups is 1. The number of amides is 1. The fourth-order valence-corrected chi connectivity index (χ4v) is 2.61. The highest BCUT2D eigenvalue weighted by atomic mass is 35.5. The SMILES string of the molecule is COc1ccc(CNC(=O)[C@@H](C)[NH+](C)Cc2ccccc2Cl)cc1. The molecule has 0 saturated carbocycles. The normalized spacial score (nSPS) is 13.2. The Balaban J connectivity index is 1.87. The Kier molecular flexibility index (Phi) is 6.64. The van der Waals surface area contributed by atoms with E-state index >= 15 is 0 Å². The van der Waals surface area contributed by atoms with E-state index in [-0.39, 0.29) is 11.9 Å². The average Bonchev–Trinajstić information content (AvgIpc) is 2.61. The maximum atomic E-state index is 12.4. The summed E-state index contributed by atoms with van der Waals surface area (Å²) in [5, 5.41) is 3.72. The summed E-state index contributed by atoms with van der Waals surface area (Å²) in [5.74, 6) is 0.831. The number of halogens is 1. The van der Waals surface area contributed by atoms with Gasteiger partial charge in [0.1, 0.15) is 12.3 Å². The van der Waals surface area contributed by atoms with Crippen molar-refractivity contribution in [3.8, 4) is 5.75 Å². The van der Waals surface area contributed by atoms with E-state index in [1.54, 1.807) is 7.11 Å². The Bertz CT molecular complexity index is 673. The molecule has 0 fully saturated rings. The lowest BCUT2D eigenvalue weighted by Crippen LogP contribution is -3.12. The van der Waals surface area contributed by atoms with Crippen LogP contribution < -0.4 is 15.0 Å². The fourth-order valence-electron chi connectivity index (χ4n) is 2.40. The zero-order valence-electron chi connectivity index (χ0n) is 14.3. The first-order valence-electron chi connectivity index (χ1n) is 7.97. The van der Waals surface area contributed by atoms with E-state index in [4.69, 9.17) is 16.3 Å². The molecule has 0 aromatic heterocycles. The van der Waals surface area contributed by atoms with Crippen molar-refractivity contribution < 1.29 is 14.4 Å². The van der Waals surface area contributed by atoms with Crippen LogP contribution in [0.15, 0.2) is 48.5 Å². The lowest BCUT2D eigenvalue weighted by molar-refractivity contribution is -0.908. The van der Waals surface area contributed by atoms with Gasteiger partial charge in [0.2, 0.25) is 0 Å². The van der Waals surface area contributed by atoms with Gasteiger partial charge >= 0.3 is 0 Å². The van der Waals surface area contributed by atoms with Gasteiger partial charge in [-0.2, -0.15) is 0 Å². The smallest absolute Gasteiger partial charge is 0.278 e. The zero-order chi connectivity index (χ0) is 17.5. The minimum Gasteiger partial charge on any atom is -0.497 e. The summed E-state index contributed by atoms with van der Waals surface area (Å²) in [6.45, 7) is 3.14. The van der Waals surface area contributed by atoms with E-state index in [1.165, 1.54) is 0 Å². The number of hydrogen-bond donors (Lipinski definition) is 2. The minimum absolute atomic E-state index is 0.0235. The van der Waals surface area contributed by atoms with Gasteiger partial charge in [-0.3, -0.25) is 4.79 Å². The number of ether oxygens (including phenoxy) is 1. The first kappa shape index (κ1) is 18.3. The van der Waals surface area contributed by atoms with Gasteiger partial charge in [0, 0.05) is 17.1 Å². The predicted molar refractivity (Wildman–Crippen MR) is 96.3 cm³/mol. The van der Waals surface area contributed by atoms with E-state index in [0.717, 1.165) is 26.8 Å². The van der Waals surface area contributed by atoms with Crippen LogP contribution in [0.4, 0.5) is 0 Å². The molecule has 0 aliphatic heterocycles. The molecule has 0 spiro atoms. The van der Waals surface area contributed by atoms with Crippen LogP contribution in [-0.4, -0.2) is 26.1 Å². The maximum Gasteiger partial charge on any atom is 0.278 e. The molecule has 2 aromatic rings. The molecule has 2 rings (SSSR count). The molecule has 0 bridgehead atoms. The summed E-state index contributed by atoms with van der Waals surface area (Å²) in [6, 6.07) is 15.2. The van der Waals surface area contributed by atoms with Crippen molar-refractivity contribution in [2.75, 3.05) is 14.2 Å². The highest BCUT2D eigenvalue weighted by molar-refractivity contribution is 6.31. The summed E-state index contributed by atoms with van der Waals surface area (Å²) in [4.78, 5) is 13.5. The summed E-state index contributed by atoms with van der Waals surface area (Å²) < 4.78 is 5.13. The van der Waals surface area contributed by atoms with Crippen molar-refractivity contribution in [3.05, 3.63) is 64.7 Å². The third-order valence-corrected chi connectivity index (χ3v) is 4.55. The Labute approximate surface area is 148 Å². The van der Waals surface area contributed by atoms with Crippen LogP contribution in [0.25, 0.3) is 0 Å². The van der Waals surface area contributed by atoms with Crippen LogP contribution >= 0.6 is 11.6 Å². The quantitative estimate of drug-likeness (QED) is 0.805. The standard InChI is InChI=1S/C19H23ClN2O2/c1-14(22(2)13-16-6-4-5-7-18(16)20)19(23)21-12-15-8-10-17(24-3)11-9-15/h4-11,14H,12-13H2,1-3H3,(H,21,23)/p+1/t14-/m1/s1. The van der Waals surface area contributed by atoms with E-state index in [9.17, 15) is 4.79 Å². The number of methoxy groups -OCH3 is 1. The van der Waals surface area contributed by atoms with Gasteiger partial charge in [-0.25, -0.2) is 0 Å². The number of nitrogens with one attached hydrogen (secondary N) is 2. The molecule has 2 N–H and O–H groups in total. The van der Waals surface area contributed by atoms with E-state index in [0.29, 0.717) is 13.1 Å². The van der Waals surface area contributed by atoms with Crippen LogP contribution in [-0.2, 0) is 17.9 Å². The average molecular weight is 348 g/mol. The van der Waals surface area contributed by atoms with E-state index < -0.39 is 0 Å². The Morgan fingerprint density at radius 1 is 1.21 bits per heavy atom. The Morgan fingerprint density at radius 2 is 1.88 bits per heavy atom. The second kappa shape index (κ2) is 8.71. The second-order valence-electron chi connectivity index (χ2n) is 5.90. The molecule has 5 heteroatoms.